The normalized spacial score (nSPS) is 14.5. The number of pyridine rings is 1. The van der Waals surface area contributed by atoms with Gasteiger partial charge in [-0.05, 0) is 56.1 Å². The molecule has 0 aliphatic carbocycles. The van der Waals surface area contributed by atoms with Crippen LogP contribution in [0.2, 0.25) is 0 Å². The number of rotatable bonds is 9. The number of hydrogen-bond donors (Lipinski definition) is 2. The highest BCUT2D eigenvalue weighted by atomic mass is 35.5. The smallest absolute Gasteiger partial charge is 0.253 e. The summed E-state index contributed by atoms with van der Waals surface area (Å²) < 4.78 is 9.12. The van der Waals surface area contributed by atoms with Gasteiger partial charge >= 0.3 is 0 Å². The van der Waals surface area contributed by atoms with Gasteiger partial charge in [0, 0.05) is 38.0 Å². The van der Waals surface area contributed by atoms with E-state index in [1.54, 1.807) is 31.8 Å². The van der Waals surface area contributed by atoms with Crippen LogP contribution in [0, 0.1) is 6.92 Å². The molecule has 32 heavy (non-hydrogen) atoms. The zero-order chi connectivity index (χ0) is 23.6. The van der Waals surface area contributed by atoms with E-state index in [0.29, 0.717) is 18.7 Å². The third-order valence-electron chi connectivity index (χ3n) is 5.53. The summed E-state index contributed by atoms with van der Waals surface area (Å²) in [5.74, 6) is 0.741. The summed E-state index contributed by atoms with van der Waals surface area (Å²) in [4.78, 5) is 28.5. The van der Waals surface area contributed by atoms with E-state index in [9.17, 15) is 14.7 Å². The second-order valence-electron chi connectivity index (χ2n) is 8.15. The van der Waals surface area contributed by atoms with Crippen LogP contribution in [-0.2, 0) is 29.7 Å². The summed E-state index contributed by atoms with van der Waals surface area (Å²) in [7, 11) is 3.39. The first-order valence-corrected chi connectivity index (χ1v) is 10.8. The Balaban J connectivity index is 2.04. The maximum Gasteiger partial charge on any atom is 0.253 e. The Morgan fingerprint density at radius 1 is 1.31 bits per heavy atom. The van der Waals surface area contributed by atoms with Crippen LogP contribution in [0.5, 0.6) is 0 Å². The summed E-state index contributed by atoms with van der Waals surface area (Å²) in [6.45, 7) is 6.23. The van der Waals surface area contributed by atoms with Gasteiger partial charge in [0.25, 0.3) is 5.56 Å². The molecule has 0 bridgehead atoms. The highest BCUT2D eigenvalue weighted by molar-refractivity contribution is 6.64. The van der Waals surface area contributed by atoms with E-state index in [0.717, 1.165) is 28.0 Å². The van der Waals surface area contributed by atoms with Crippen molar-refractivity contribution in [2.45, 2.75) is 52.1 Å². The average molecular weight is 461 g/mol. The van der Waals surface area contributed by atoms with Crippen LogP contribution < -0.4 is 10.9 Å². The summed E-state index contributed by atoms with van der Waals surface area (Å²) in [5.41, 5.74) is 4.04. The first kappa shape index (κ1) is 24.1. The van der Waals surface area contributed by atoms with Crippen molar-refractivity contribution in [3.63, 3.8) is 0 Å². The number of nitrogens with zero attached hydrogens (tertiary/aromatic N) is 3. The number of fused-ring (bicyclic) bond motifs is 1. The highest BCUT2D eigenvalue weighted by Gasteiger charge is 2.21. The molecule has 0 fully saturated rings. The minimum Gasteiger partial charge on any atom is -0.391 e. The van der Waals surface area contributed by atoms with Gasteiger partial charge in [0.1, 0.15) is 11.9 Å². The SMILES string of the molecule is COC(C)Cn1c(-c2cc(C)c(=O)n(C)c2)nc2cc(CNC(C(=O)Cl)C(C)O)ccc21. The summed E-state index contributed by atoms with van der Waals surface area (Å²) >= 11 is 5.58. The van der Waals surface area contributed by atoms with Crippen LogP contribution in [0.3, 0.4) is 0 Å². The minimum absolute atomic E-state index is 0.0392. The Kier molecular flexibility index (Phi) is 7.51. The van der Waals surface area contributed by atoms with Gasteiger partial charge in [0.15, 0.2) is 0 Å². The van der Waals surface area contributed by atoms with Gasteiger partial charge in [-0.15, -0.1) is 0 Å². The van der Waals surface area contributed by atoms with Crippen molar-refractivity contribution in [3.8, 4) is 11.4 Å². The van der Waals surface area contributed by atoms with Crippen molar-refractivity contribution in [2.75, 3.05) is 7.11 Å². The molecular weight excluding hydrogens is 432 g/mol. The predicted octanol–water partition coefficient (Wildman–Crippen LogP) is 2.35. The monoisotopic (exact) mass is 460 g/mol. The number of imidazole rings is 1. The molecule has 2 N–H and O–H groups in total. The van der Waals surface area contributed by atoms with E-state index < -0.39 is 17.4 Å². The van der Waals surface area contributed by atoms with Crippen LogP contribution in [0.4, 0.5) is 0 Å². The fourth-order valence-corrected chi connectivity index (χ4v) is 3.95. The molecule has 9 heteroatoms. The van der Waals surface area contributed by atoms with Crippen LogP contribution in [0.25, 0.3) is 22.4 Å². The number of aromatic nitrogens is 3. The lowest BCUT2D eigenvalue weighted by molar-refractivity contribution is -0.115. The molecule has 3 unspecified atom stereocenters. The van der Waals surface area contributed by atoms with Gasteiger partial charge in [-0.1, -0.05) is 6.07 Å². The van der Waals surface area contributed by atoms with Gasteiger partial charge in [-0.25, -0.2) is 4.98 Å². The summed E-state index contributed by atoms with van der Waals surface area (Å²) in [6, 6.07) is 6.85. The molecule has 2 heterocycles. The number of carbonyl (C=O) groups excluding carboxylic acids is 1. The Morgan fingerprint density at radius 2 is 2.03 bits per heavy atom. The third kappa shape index (κ3) is 5.10. The van der Waals surface area contributed by atoms with E-state index >= 15 is 0 Å². The van der Waals surface area contributed by atoms with Crippen molar-refractivity contribution >= 4 is 27.9 Å². The molecule has 1 aromatic carbocycles. The molecule has 172 valence electrons. The lowest BCUT2D eigenvalue weighted by Gasteiger charge is -2.17. The molecule has 3 rings (SSSR count). The van der Waals surface area contributed by atoms with Gasteiger partial charge in [0.05, 0.1) is 29.8 Å². The molecular formula is C23H29ClN4O4. The number of aliphatic hydroxyl groups is 1. The lowest BCUT2D eigenvalue weighted by Crippen LogP contribution is -2.42. The third-order valence-corrected chi connectivity index (χ3v) is 5.76. The predicted molar refractivity (Wildman–Crippen MR) is 125 cm³/mol. The quantitative estimate of drug-likeness (QED) is 0.476. The van der Waals surface area contributed by atoms with Crippen LogP contribution in [0.1, 0.15) is 25.0 Å². The molecule has 0 aliphatic rings. The number of aryl methyl sites for hydroxylation is 2. The van der Waals surface area contributed by atoms with Crippen molar-refractivity contribution in [1.82, 2.24) is 19.4 Å². The zero-order valence-electron chi connectivity index (χ0n) is 18.9. The largest absolute Gasteiger partial charge is 0.391 e. The lowest BCUT2D eigenvalue weighted by atomic mass is 10.1. The molecule has 8 nitrogen and oxygen atoms in total. The van der Waals surface area contributed by atoms with Crippen molar-refractivity contribution in [2.24, 2.45) is 7.05 Å². The number of methoxy groups -OCH3 is 1. The standard InChI is InChI=1S/C23H29ClN4O4/c1-13-8-17(12-27(4)23(13)31)22-26-18-9-16(10-25-20(15(3)29)21(24)30)6-7-19(18)28(22)11-14(2)32-5/h6-9,12,14-15,20,25,29H,10-11H2,1-5H3. The molecule has 0 aliphatic heterocycles. The molecule has 0 saturated heterocycles. The van der Waals surface area contributed by atoms with Crippen molar-refractivity contribution in [3.05, 3.63) is 51.9 Å². The maximum absolute atomic E-state index is 12.2. The number of halogens is 1. The fourth-order valence-electron chi connectivity index (χ4n) is 3.69. The molecule has 3 atom stereocenters. The topological polar surface area (TPSA) is 98.4 Å². The molecule has 3 aromatic rings. The van der Waals surface area contributed by atoms with Gasteiger partial charge in [-0.3, -0.25) is 9.59 Å². The van der Waals surface area contributed by atoms with E-state index in [4.69, 9.17) is 21.3 Å². The number of hydrogen-bond acceptors (Lipinski definition) is 6. The van der Waals surface area contributed by atoms with E-state index in [-0.39, 0.29) is 11.7 Å². The average Bonchev–Trinajstić information content (AvgIpc) is 3.08. The van der Waals surface area contributed by atoms with E-state index in [1.807, 2.05) is 31.2 Å². The highest BCUT2D eigenvalue weighted by Crippen LogP contribution is 2.26. The first-order valence-electron chi connectivity index (χ1n) is 10.4. The van der Waals surface area contributed by atoms with E-state index in [1.165, 1.54) is 6.92 Å². The number of carbonyl (C=O) groups is 1. The Bertz CT molecular complexity index is 1160. The molecule has 0 radical (unpaired) electrons. The molecule has 0 saturated carbocycles. The van der Waals surface area contributed by atoms with E-state index in [2.05, 4.69) is 9.88 Å². The van der Waals surface area contributed by atoms with Crippen LogP contribution in [0.15, 0.2) is 35.3 Å². The number of nitrogens with one attached hydrogen (secondary N) is 1. The fraction of sp³-hybridized carbons (Fsp3) is 0.435. The zero-order valence-corrected chi connectivity index (χ0v) is 19.7. The number of aliphatic hydroxyl groups excluding tert-OH is 1. The van der Waals surface area contributed by atoms with Crippen LogP contribution >= 0.6 is 11.6 Å². The second-order valence-corrected chi connectivity index (χ2v) is 8.52. The Hall–Kier alpha value is -2.52. The molecule has 0 amide bonds. The van der Waals surface area contributed by atoms with Crippen molar-refractivity contribution < 1.29 is 14.6 Å². The van der Waals surface area contributed by atoms with Gasteiger partial charge < -0.3 is 24.3 Å². The summed E-state index contributed by atoms with van der Waals surface area (Å²) in [6.07, 6.45) is 0.840. The number of benzene rings is 1. The minimum atomic E-state index is -0.905. The molecule has 2 aromatic heterocycles. The first-order chi connectivity index (χ1) is 15.1. The van der Waals surface area contributed by atoms with Gasteiger partial charge in [0.2, 0.25) is 5.24 Å². The summed E-state index contributed by atoms with van der Waals surface area (Å²) in [5, 5.41) is 12.1. The maximum atomic E-state index is 12.2. The Labute approximate surface area is 191 Å². The van der Waals surface area contributed by atoms with Crippen LogP contribution in [-0.4, -0.2) is 49.8 Å². The Morgan fingerprint density at radius 3 is 2.62 bits per heavy atom. The second kappa shape index (κ2) is 9.95. The van der Waals surface area contributed by atoms with Crippen molar-refractivity contribution in [1.29, 1.82) is 0 Å². The van der Waals surface area contributed by atoms with Gasteiger partial charge in [-0.2, -0.15) is 0 Å². The molecule has 0 spiro atoms. The number of ether oxygens (including phenoxy) is 1.